The largest absolute Gasteiger partial charge is 0.355 e. The average Bonchev–Trinajstić information content (AvgIpc) is 3.08. The molecule has 6 nitrogen and oxygen atoms in total. The van der Waals surface area contributed by atoms with Crippen LogP contribution in [0.2, 0.25) is 4.34 Å². The summed E-state index contributed by atoms with van der Waals surface area (Å²) < 4.78 is 26.5. The summed E-state index contributed by atoms with van der Waals surface area (Å²) in [6.45, 7) is 2.32. The van der Waals surface area contributed by atoms with Gasteiger partial charge in [0.25, 0.3) is 10.0 Å². The summed E-state index contributed by atoms with van der Waals surface area (Å²) in [5, 5.41) is 5.98. The van der Waals surface area contributed by atoms with Crippen LogP contribution in [0.15, 0.2) is 16.3 Å². The summed E-state index contributed by atoms with van der Waals surface area (Å²) in [6, 6.07) is 2.93. The smallest absolute Gasteiger partial charge is 0.250 e. The van der Waals surface area contributed by atoms with Crippen molar-refractivity contribution in [2.24, 2.45) is 5.92 Å². The molecule has 0 spiro atoms. The van der Waals surface area contributed by atoms with Crippen molar-refractivity contribution in [3.05, 3.63) is 16.5 Å². The van der Waals surface area contributed by atoms with Crippen molar-refractivity contribution >= 4 is 51.3 Å². The van der Waals surface area contributed by atoms with E-state index in [1.165, 1.54) is 12.1 Å². The Morgan fingerprint density at radius 2 is 2.23 bits per heavy atom. The second-order valence-electron chi connectivity index (χ2n) is 4.88. The maximum Gasteiger partial charge on any atom is 0.250 e. The molecule has 1 atom stereocenters. The molecule has 1 aliphatic heterocycles. The van der Waals surface area contributed by atoms with Gasteiger partial charge in [0.2, 0.25) is 5.91 Å². The molecule has 1 aliphatic rings. The average molecular weight is 388 g/mol. The van der Waals surface area contributed by atoms with E-state index in [1.54, 1.807) is 0 Å². The lowest BCUT2D eigenvalue weighted by Crippen LogP contribution is -2.37. The number of hydrogen-bond acceptors (Lipinski definition) is 5. The SMILES string of the molecule is Cl.O=C(CNS(=O)(=O)c1ccc(Cl)s1)NCCC1CCNC1. The van der Waals surface area contributed by atoms with Crippen molar-refractivity contribution in [2.45, 2.75) is 17.1 Å². The van der Waals surface area contributed by atoms with Gasteiger partial charge in [-0.1, -0.05) is 11.6 Å². The lowest BCUT2D eigenvalue weighted by Gasteiger charge is -2.09. The molecular formula is C12H19Cl2N3O3S2. The Morgan fingerprint density at radius 3 is 2.82 bits per heavy atom. The second-order valence-corrected chi connectivity index (χ2v) is 8.59. The Morgan fingerprint density at radius 1 is 1.45 bits per heavy atom. The van der Waals surface area contributed by atoms with Gasteiger partial charge in [0, 0.05) is 6.54 Å². The van der Waals surface area contributed by atoms with Gasteiger partial charge in [-0.2, -0.15) is 0 Å². The number of rotatable bonds is 7. The van der Waals surface area contributed by atoms with Crippen molar-refractivity contribution < 1.29 is 13.2 Å². The maximum atomic E-state index is 11.9. The van der Waals surface area contributed by atoms with Crippen LogP contribution in [0.1, 0.15) is 12.8 Å². The van der Waals surface area contributed by atoms with E-state index in [-0.39, 0.29) is 29.1 Å². The highest BCUT2D eigenvalue weighted by Gasteiger charge is 2.18. The van der Waals surface area contributed by atoms with E-state index >= 15 is 0 Å². The fourth-order valence-electron chi connectivity index (χ4n) is 2.11. The van der Waals surface area contributed by atoms with Gasteiger partial charge in [0.05, 0.1) is 10.9 Å². The van der Waals surface area contributed by atoms with Crippen LogP contribution in [0.25, 0.3) is 0 Å². The van der Waals surface area contributed by atoms with Gasteiger partial charge in [-0.15, -0.1) is 23.7 Å². The molecule has 1 fully saturated rings. The number of halogens is 2. The number of carbonyl (C=O) groups is 1. The van der Waals surface area contributed by atoms with Crippen molar-refractivity contribution in [1.82, 2.24) is 15.4 Å². The van der Waals surface area contributed by atoms with Crippen LogP contribution >= 0.6 is 35.3 Å². The van der Waals surface area contributed by atoms with Gasteiger partial charge < -0.3 is 10.6 Å². The van der Waals surface area contributed by atoms with Gasteiger partial charge in [0.1, 0.15) is 4.21 Å². The van der Waals surface area contributed by atoms with E-state index in [2.05, 4.69) is 15.4 Å². The van der Waals surface area contributed by atoms with Gasteiger partial charge in [-0.05, 0) is 44.0 Å². The number of amides is 1. The Kier molecular flexibility index (Phi) is 8.09. The van der Waals surface area contributed by atoms with Crippen LogP contribution < -0.4 is 15.4 Å². The molecule has 0 aromatic carbocycles. The second kappa shape index (κ2) is 9.05. The van der Waals surface area contributed by atoms with E-state index in [1.807, 2.05) is 0 Å². The predicted octanol–water partition coefficient (Wildman–Crippen LogP) is 1.22. The number of sulfonamides is 1. The third kappa shape index (κ3) is 6.02. The molecule has 1 aromatic heterocycles. The van der Waals surface area contributed by atoms with Crippen molar-refractivity contribution in [1.29, 1.82) is 0 Å². The number of hydrogen-bond donors (Lipinski definition) is 3. The summed E-state index contributed by atoms with van der Waals surface area (Å²) >= 11 is 6.66. The van der Waals surface area contributed by atoms with E-state index in [0.29, 0.717) is 16.8 Å². The van der Waals surface area contributed by atoms with Crippen LogP contribution in [0.4, 0.5) is 0 Å². The first-order valence-corrected chi connectivity index (χ1v) is 9.37. The zero-order valence-corrected chi connectivity index (χ0v) is 15.0. The third-order valence-corrected chi connectivity index (χ3v) is 6.40. The molecule has 1 amide bonds. The summed E-state index contributed by atoms with van der Waals surface area (Å²) in [6.07, 6.45) is 2.04. The molecule has 126 valence electrons. The lowest BCUT2D eigenvalue weighted by atomic mass is 10.1. The predicted molar refractivity (Wildman–Crippen MR) is 90.4 cm³/mol. The van der Waals surface area contributed by atoms with Crippen molar-refractivity contribution in [3.8, 4) is 0 Å². The highest BCUT2D eigenvalue weighted by molar-refractivity contribution is 7.91. The highest BCUT2D eigenvalue weighted by Crippen LogP contribution is 2.25. The molecule has 0 aliphatic carbocycles. The Hall–Kier alpha value is -0.380. The lowest BCUT2D eigenvalue weighted by molar-refractivity contribution is -0.120. The van der Waals surface area contributed by atoms with Crippen LogP contribution in [-0.4, -0.2) is 40.5 Å². The van der Waals surface area contributed by atoms with Gasteiger partial charge in [-0.3, -0.25) is 4.79 Å². The zero-order valence-electron chi connectivity index (χ0n) is 11.8. The Balaban J connectivity index is 0.00000242. The van der Waals surface area contributed by atoms with Gasteiger partial charge >= 0.3 is 0 Å². The molecule has 0 radical (unpaired) electrons. The van der Waals surface area contributed by atoms with Crippen LogP contribution in [-0.2, 0) is 14.8 Å². The maximum absolute atomic E-state index is 11.9. The Labute approximate surface area is 145 Å². The molecule has 10 heteroatoms. The van der Waals surface area contributed by atoms with Gasteiger partial charge in [0.15, 0.2) is 0 Å². The normalized spacial score (nSPS) is 18.0. The molecule has 0 bridgehead atoms. The van der Waals surface area contributed by atoms with Gasteiger partial charge in [-0.25, -0.2) is 13.1 Å². The molecule has 0 saturated carbocycles. The summed E-state index contributed by atoms with van der Waals surface area (Å²) in [5.41, 5.74) is 0. The Bertz CT molecular complexity index is 586. The van der Waals surface area contributed by atoms with Crippen LogP contribution in [0.3, 0.4) is 0 Å². The number of nitrogens with one attached hydrogen (secondary N) is 3. The third-order valence-electron chi connectivity index (χ3n) is 3.27. The summed E-state index contributed by atoms with van der Waals surface area (Å²) in [4.78, 5) is 11.6. The fourth-order valence-corrected chi connectivity index (χ4v) is 4.62. The fraction of sp³-hybridized carbons (Fsp3) is 0.583. The minimum Gasteiger partial charge on any atom is -0.355 e. The molecule has 1 saturated heterocycles. The first-order chi connectivity index (χ1) is 9.97. The summed E-state index contributed by atoms with van der Waals surface area (Å²) in [7, 11) is -3.66. The standard InChI is InChI=1S/C12H18ClN3O3S2.ClH/c13-10-1-2-12(20-10)21(18,19)16-8-11(17)15-6-4-9-3-5-14-7-9;/h1-2,9,14,16H,3-8H2,(H,15,17);1H. The molecule has 22 heavy (non-hydrogen) atoms. The molecule has 2 rings (SSSR count). The van der Waals surface area contributed by atoms with E-state index in [9.17, 15) is 13.2 Å². The van der Waals surface area contributed by atoms with E-state index in [0.717, 1.165) is 37.3 Å². The van der Waals surface area contributed by atoms with Crippen molar-refractivity contribution in [2.75, 3.05) is 26.2 Å². The quantitative estimate of drug-likeness (QED) is 0.656. The molecular weight excluding hydrogens is 369 g/mol. The van der Waals surface area contributed by atoms with Crippen LogP contribution in [0, 0.1) is 5.92 Å². The first-order valence-electron chi connectivity index (χ1n) is 6.70. The monoisotopic (exact) mass is 387 g/mol. The minimum absolute atomic E-state index is 0. The van der Waals surface area contributed by atoms with Crippen molar-refractivity contribution in [3.63, 3.8) is 0 Å². The summed E-state index contributed by atoms with van der Waals surface area (Å²) in [5.74, 6) is 0.266. The zero-order chi connectivity index (χ0) is 15.3. The number of thiophene rings is 1. The van der Waals surface area contributed by atoms with E-state index in [4.69, 9.17) is 11.6 Å². The molecule has 3 N–H and O–H groups in total. The number of carbonyl (C=O) groups excluding carboxylic acids is 1. The van der Waals surface area contributed by atoms with Crippen LogP contribution in [0.5, 0.6) is 0 Å². The highest BCUT2D eigenvalue weighted by atomic mass is 35.5. The van der Waals surface area contributed by atoms with E-state index < -0.39 is 10.0 Å². The first kappa shape index (κ1) is 19.7. The topological polar surface area (TPSA) is 87.3 Å². The molecule has 1 aromatic rings. The molecule has 1 unspecified atom stereocenters. The molecule has 2 heterocycles. The minimum atomic E-state index is -3.66.